The zero-order valence-corrected chi connectivity index (χ0v) is 14.9. The Labute approximate surface area is 139 Å². The molecule has 1 aromatic rings. The molecule has 0 amide bonds. The van der Waals surface area contributed by atoms with Crippen LogP contribution in [0.15, 0.2) is 12.1 Å². The highest BCUT2D eigenvalue weighted by Gasteiger charge is 2.23. The summed E-state index contributed by atoms with van der Waals surface area (Å²) in [5.74, 6) is 0.874. The highest BCUT2D eigenvalue weighted by Crippen LogP contribution is 2.23. The smallest absolute Gasteiger partial charge is 0.279 e. The Morgan fingerprint density at radius 2 is 1.91 bits per heavy atom. The van der Waals surface area contributed by atoms with Gasteiger partial charge >= 0.3 is 0 Å². The molecule has 7 heteroatoms. The first-order chi connectivity index (χ1) is 10.9. The van der Waals surface area contributed by atoms with Gasteiger partial charge in [0.05, 0.1) is 19.8 Å². The first-order valence-corrected chi connectivity index (χ1v) is 9.37. The van der Waals surface area contributed by atoms with Crippen LogP contribution in [-0.4, -0.2) is 52.2 Å². The van der Waals surface area contributed by atoms with Crippen molar-refractivity contribution in [3.63, 3.8) is 0 Å². The number of hydrogen-bond acceptors (Lipinski definition) is 4. The molecule has 0 atom stereocenters. The molecule has 1 aromatic carbocycles. The molecule has 0 saturated carbocycles. The summed E-state index contributed by atoms with van der Waals surface area (Å²) in [4.78, 5) is 0. The number of ether oxygens (including phenoxy) is 2. The van der Waals surface area contributed by atoms with E-state index >= 15 is 0 Å². The van der Waals surface area contributed by atoms with E-state index in [4.69, 9.17) is 9.47 Å². The predicted molar refractivity (Wildman–Crippen MR) is 90.1 cm³/mol. The van der Waals surface area contributed by atoms with Crippen molar-refractivity contribution in [3.05, 3.63) is 28.8 Å². The normalized spacial score (nSPS) is 16.5. The summed E-state index contributed by atoms with van der Waals surface area (Å²) in [6.45, 7) is 8.71. The van der Waals surface area contributed by atoms with Gasteiger partial charge in [-0.25, -0.2) is 4.72 Å². The maximum atomic E-state index is 12.1. The van der Waals surface area contributed by atoms with Crippen LogP contribution in [0.4, 0.5) is 0 Å². The minimum atomic E-state index is -3.40. The predicted octanol–water partition coefficient (Wildman–Crippen LogP) is 1.55. The standard InChI is InChI=1S/C16H26N2O4S/c1-13-11-14(2)15(3)16(12-13)22-8-4-5-17-23(19,20)18-6-9-21-10-7-18/h11-12,17H,4-10H2,1-3H3. The SMILES string of the molecule is Cc1cc(C)c(C)c(OCCCNS(=O)(=O)N2CCOCC2)c1. The van der Waals surface area contributed by atoms with Crippen molar-refractivity contribution >= 4 is 10.2 Å². The quantitative estimate of drug-likeness (QED) is 0.764. The Balaban J connectivity index is 1.75. The van der Waals surface area contributed by atoms with Gasteiger partial charge in [0.2, 0.25) is 0 Å². The third kappa shape index (κ3) is 5.17. The van der Waals surface area contributed by atoms with Gasteiger partial charge in [0.15, 0.2) is 0 Å². The zero-order valence-electron chi connectivity index (χ0n) is 14.1. The summed E-state index contributed by atoms with van der Waals surface area (Å²) >= 11 is 0. The molecule has 0 radical (unpaired) electrons. The fourth-order valence-corrected chi connectivity index (χ4v) is 3.70. The Bertz CT molecular complexity index is 625. The molecule has 23 heavy (non-hydrogen) atoms. The van der Waals surface area contributed by atoms with Crippen LogP contribution in [0.5, 0.6) is 5.75 Å². The van der Waals surface area contributed by atoms with Crippen LogP contribution in [0.3, 0.4) is 0 Å². The molecule has 6 nitrogen and oxygen atoms in total. The number of morpholine rings is 1. The van der Waals surface area contributed by atoms with E-state index in [1.807, 2.05) is 19.9 Å². The second kappa shape index (κ2) is 8.10. The summed E-state index contributed by atoms with van der Waals surface area (Å²) in [6.07, 6.45) is 0.621. The molecule has 1 N–H and O–H groups in total. The Morgan fingerprint density at radius 1 is 1.22 bits per heavy atom. The van der Waals surface area contributed by atoms with Crippen molar-refractivity contribution in [2.75, 3.05) is 39.5 Å². The van der Waals surface area contributed by atoms with Gasteiger partial charge in [-0.15, -0.1) is 0 Å². The third-order valence-electron chi connectivity index (χ3n) is 3.94. The van der Waals surface area contributed by atoms with Gasteiger partial charge in [0.25, 0.3) is 10.2 Å². The molecule has 0 unspecified atom stereocenters. The molecule has 130 valence electrons. The summed E-state index contributed by atoms with van der Waals surface area (Å²) in [5.41, 5.74) is 3.49. The number of aryl methyl sites for hydroxylation is 2. The van der Waals surface area contributed by atoms with E-state index in [-0.39, 0.29) is 0 Å². The summed E-state index contributed by atoms with van der Waals surface area (Å²) in [7, 11) is -3.40. The van der Waals surface area contributed by atoms with Gasteiger partial charge < -0.3 is 9.47 Å². The molecule has 0 aliphatic carbocycles. The van der Waals surface area contributed by atoms with E-state index in [0.29, 0.717) is 45.9 Å². The minimum Gasteiger partial charge on any atom is -0.493 e. The monoisotopic (exact) mass is 342 g/mol. The van der Waals surface area contributed by atoms with Crippen molar-refractivity contribution in [1.82, 2.24) is 9.03 Å². The molecule has 2 rings (SSSR count). The van der Waals surface area contributed by atoms with Crippen molar-refractivity contribution in [2.24, 2.45) is 0 Å². The highest BCUT2D eigenvalue weighted by molar-refractivity contribution is 7.87. The van der Waals surface area contributed by atoms with Gasteiger partial charge in [-0.1, -0.05) is 6.07 Å². The molecule has 1 heterocycles. The van der Waals surface area contributed by atoms with E-state index in [9.17, 15) is 8.42 Å². The lowest BCUT2D eigenvalue weighted by Gasteiger charge is -2.26. The second-order valence-corrected chi connectivity index (χ2v) is 7.57. The molecule has 1 aliphatic rings. The van der Waals surface area contributed by atoms with Crippen molar-refractivity contribution in [1.29, 1.82) is 0 Å². The average molecular weight is 342 g/mol. The lowest BCUT2D eigenvalue weighted by Crippen LogP contribution is -2.46. The van der Waals surface area contributed by atoms with E-state index < -0.39 is 10.2 Å². The Kier molecular flexibility index (Phi) is 6.41. The number of hydrogen-bond donors (Lipinski definition) is 1. The maximum Gasteiger partial charge on any atom is 0.279 e. The van der Waals surface area contributed by atoms with E-state index in [0.717, 1.165) is 16.9 Å². The van der Waals surface area contributed by atoms with Crippen LogP contribution in [0, 0.1) is 20.8 Å². The average Bonchev–Trinajstić information content (AvgIpc) is 2.52. The van der Waals surface area contributed by atoms with Crippen LogP contribution in [0.25, 0.3) is 0 Å². The van der Waals surface area contributed by atoms with Crippen LogP contribution in [0.2, 0.25) is 0 Å². The molecule has 0 spiro atoms. The van der Waals surface area contributed by atoms with Crippen molar-refractivity contribution in [2.45, 2.75) is 27.2 Å². The van der Waals surface area contributed by atoms with Gasteiger partial charge in [-0.05, 0) is 49.9 Å². The maximum absolute atomic E-state index is 12.1. The van der Waals surface area contributed by atoms with Crippen LogP contribution >= 0.6 is 0 Å². The van der Waals surface area contributed by atoms with E-state index in [2.05, 4.69) is 17.7 Å². The number of benzene rings is 1. The Morgan fingerprint density at radius 3 is 2.61 bits per heavy atom. The summed E-state index contributed by atoms with van der Waals surface area (Å²) in [6, 6.07) is 4.14. The van der Waals surface area contributed by atoms with Crippen LogP contribution in [-0.2, 0) is 14.9 Å². The number of rotatable bonds is 7. The van der Waals surface area contributed by atoms with Gasteiger partial charge in [0, 0.05) is 19.6 Å². The van der Waals surface area contributed by atoms with E-state index in [1.165, 1.54) is 9.87 Å². The third-order valence-corrected chi connectivity index (χ3v) is 5.55. The molecule has 0 bridgehead atoms. The molecular weight excluding hydrogens is 316 g/mol. The minimum absolute atomic E-state index is 0.365. The van der Waals surface area contributed by atoms with Crippen LogP contribution < -0.4 is 9.46 Å². The van der Waals surface area contributed by atoms with E-state index in [1.54, 1.807) is 0 Å². The highest BCUT2D eigenvalue weighted by atomic mass is 32.2. The fraction of sp³-hybridized carbons (Fsp3) is 0.625. The van der Waals surface area contributed by atoms with Gasteiger partial charge in [-0.2, -0.15) is 12.7 Å². The summed E-state index contributed by atoms with van der Waals surface area (Å²) < 4.78 is 39.2. The first-order valence-electron chi connectivity index (χ1n) is 7.93. The molecule has 1 saturated heterocycles. The number of nitrogens with one attached hydrogen (secondary N) is 1. The zero-order chi connectivity index (χ0) is 16.9. The first kappa shape index (κ1) is 18.2. The molecule has 1 fully saturated rings. The molecule has 1 aliphatic heterocycles. The van der Waals surface area contributed by atoms with Gasteiger partial charge in [-0.3, -0.25) is 0 Å². The van der Waals surface area contributed by atoms with Crippen molar-refractivity contribution in [3.8, 4) is 5.75 Å². The lowest BCUT2D eigenvalue weighted by atomic mass is 10.1. The molecule has 0 aromatic heterocycles. The van der Waals surface area contributed by atoms with Crippen molar-refractivity contribution < 1.29 is 17.9 Å². The van der Waals surface area contributed by atoms with Crippen LogP contribution in [0.1, 0.15) is 23.1 Å². The summed E-state index contributed by atoms with van der Waals surface area (Å²) in [5, 5.41) is 0. The second-order valence-electron chi connectivity index (χ2n) is 5.82. The molecular formula is C16H26N2O4S. The fourth-order valence-electron chi connectivity index (χ4n) is 2.48. The number of nitrogens with zero attached hydrogens (tertiary/aromatic N) is 1. The van der Waals surface area contributed by atoms with Gasteiger partial charge in [0.1, 0.15) is 5.75 Å². The largest absolute Gasteiger partial charge is 0.493 e. The lowest BCUT2D eigenvalue weighted by molar-refractivity contribution is 0.0725. The topological polar surface area (TPSA) is 67.9 Å². The Hall–Kier alpha value is -1.15.